The van der Waals surface area contributed by atoms with Gasteiger partial charge in [0.05, 0.1) is 17.3 Å². The summed E-state index contributed by atoms with van der Waals surface area (Å²) in [7, 11) is 0. The number of hydrogen-bond donors (Lipinski definition) is 1. The van der Waals surface area contributed by atoms with Crippen LogP contribution in [0.2, 0.25) is 0 Å². The van der Waals surface area contributed by atoms with Gasteiger partial charge in [-0.1, -0.05) is 42.5 Å². The van der Waals surface area contributed by atoms with Gasteiger partial charge in [0.15, 0.2) is 5.65 Å². The maximum absolute atomic E-state index is 14.5. The van der Waals surface area contributed by atoms with Crippen LogP contribution in [-0.4, -0.2) is 73.1 Å². The summed E-state index contributed by atoms with van der Waals surface area (Å²) in [5.74, 6) is -0.897. The second-order valence-electron chi connectivity index (χ2n) is 14.1. The molecule has 1 amide bonds. The standard InChI is InChI=1S/C40H44FN7O3/c1-26(2)46-20-18-45(19-21-46)25-28-10-12-29(13-11-28)30-7-5-8-34(22-30)47-37-35(23-31(41)24-42-37)39(50)48(40(47)51)33-16-14-32(15-17-33)44-38(49)36-9-4-6-27(3)43-36/h4-13,22-24,26,32-33H,14-21,25H2,1-3H3,(H,44,49). The second-order valence-corrected chi connectivity index (χ2v) is 14.1. The minimum Gasteiger partial charge on any atom is -0.348 e. The molecule has 0 radical (unpaired) electrons. The van der Waals surface area contributed by atoms with Crippen LogP contribution in [0, 0.1) is 12.7 Å². The van der Waals surface area contributed by atoms with Gasteiger partial charge < -0.3 is 5.32 Å². The number of aromatic nitrogens is 4. The fraction of sp³-hybridized carbons (Fsp3) is 0.375. The van der Waals surface area contributed by atoms with Crippen molar-refractivity contribution in [1.29, 1.82) is 0 Å². The van der Waals surface area contributed by atoms with Crippen LogP contribution in [0.4, 0.5) is 4.39 Å². The fourth-order valence-electron chi connectivity index (χ4n) is 7.47. The van der Waals surface area contributed by atoms with Crippen LogP contribution >= 0.6 is 0 Å². The molecule has 2 aliphatic rings. The van der Waals surface area contributed by atoms with Gasteiger partial charge >= 0.3 is 5.69 Å². The SMILES string of the molecule is Cc1cccc(C(=O)NC2CCC(n3c(=O)c4cc(F)cnc4n(-c4cccc(-c5ccc(CN6CCN(C(C)C)CC6)cc5)c4)c3=O)CC2)n1. The van der Waals surface area contributed by atoms with Crippen molar-refractivity contribution < 1.29 is 9.18 Å². The van der Waals surface area contributed by atoms with E-state index in [0.717, 1.165) is 61.8 Å². The van der Waals surface area contributed by atoms with Crippen LogP contribution in [0.3, 0.4) is 0 Å². The molecule has 2 fully saturated rings. The van der Waals surface area contributed by atoms with Crippen molar-refractivity contribution in [1.82, 2.24) is 34.2 Å². The van der Waals surface area contributed by atoms with E-state index in [0.29, 0.717) is 43.1 Å². The molecule has 264 valence electrons. The summed E-state index contributed by atoms with van der Waals surface area (Å²) in [6, 6.07) is 22.6. The highest BCUT2D eigenvalue weighted by Gasteiger charge is 2.28. The molecule has 4 heterocycles. The zero-order valence-electron chi connectivity index (χ0n) is 29.4. The number of amides is 1. The van der Waals surface area contributed by atoms with Crippen LogP contribution in [0.1, 0.15) is 67.3 Å². The van der Waals surface area contributed by atoms with E-state index in [2.05, 4.69) is 63.2 Å². The molecule has 1 saturated heterocycles. The van der Waals surface area contributed by atoms with E-state index in [1.807, 2.05) is 31.2 Å². The number of fused-ring (bicyclic) bond motifs is 1. The van der Waals surface area contributed by atoms with Gasteiger partial charge in [0.25, 0.3) is 11.5 Å². The molecule has 2 aromatic carbocycles. The molecule has 11 heteroatoms. The first-order valence-electron chi connectivity index (χ1n) is 17.9. The molecule has 10 nitrogen and oxygen atoms in total. The lowest BCUT2D eigenvalue weighted by molar-refractivity contribution is 0.0916. The van der Waals surface area contributed by atoms with Gasteiger partial charge in [0.2, 0.25) is 0 Å². The van der Waals surface area contributed by atoms with Gasteiger partial charge in [-0.05, 0) is 93.5 Å². The van der Waals surface area contributed by atoms with Crippen LogP contribution in [-0.2, 0) is 6.54 Å². The molecule has 1 aliphatic carbocycles. The third-order valence-corrected chi connectivity index (χ3v) is 10.3. The van der Waals surface area contributed by atoms with Gasteiger partial charge in [-0.25, -0.2) is 23.7 Å². The minimum atomic E-state index is -0.650. The van der Waals surface area contributed by atoms with E-state index in [1.54, 1.807) is 18.2 Å². The van der Waals surface area contributed by atoms with Crippen LogP contribution in [0.25, 0.3) is 27.8 Å². The van der Waals surface area contributed by atoms with E-state index >= 15 is 0 Å². The Morgan fingerprint density at radius 3 is 2.33 bits per heavy atom. The number of rotatable bonds is 8. The Hall–Kier alpha value is -5.00. The van der Waals surface area contributed by atoms with Crippen LogP contribution in [0.5, 0.6) is 0 Å². The summed E-state index contributed by atoms with van der Waals surface area (Å²) in [6.07, 6.45) is 3.18. The van der Waals surface area contributed by atoms with Crippen molar-refractivity contribution in [2.45, 2.75) is 71.1 Å². The van der Waals surface area contributed by atoms with Gasteiger partial charge in [-0.2, -0.15) is 0 Å². The van der Waals surface area contributed by atoms with Crippen molar-refractivity contribution >= 4 is 16.9 Å². The fourth-order valence-corrected chi connectivity index (χ4v) is 7.47. The third-order valence-electron chi connectivity index (χ3n) is 10.3. The number of halogens is 1. The Bertz CT molecular complexity index is 2160. The Kier molecular flexibility index (Phi) is 9.93. The molecule has 0 atom stereocenters. The van der Waals surface area contributed by atoms with E-state index in [-0.39, 0.29) is 23.0 Å². The van der Waals surface area contributed by atoms with Crippen LogP contribution in [0.15, 0.2) is 88.6 Å². The number of hydrogen-bond acceptors (Lipinski definition) is 7. The van der Waals surface area contributed by atoms with Crippen molar-refractivity contribution in [3.05, 3.63) is 123 Å². The summed E-state index contributed by atoms with van der Waals surface area (Å²) in [4.78, 5) is 54.5. The Morgan fingerprint density at radius 2 is 1.63 bits per heavy atom. The first kappa shape index (κ1) is 34.4. The number of nitrogens with zero attached hydrogens (tertiary/aromatic N) is 6. The van der Waals surface area contributed by atoms with E-state index < -0.39 is 23.1 Å². The maximum atomic E-state index is 14.5. The van der Waals surface area contributed by atoms with Crippen LogP contribution < -0.4 is 16.6 Å². The summed E-state index contributed by atoms with van der Waals surface area (Å²) in [5.41, 5.74) is 3.83. The summed E-state index contributed by atoms with van der Waals surface area (Å²) < 4.78 is 17.2. The summed E-state index contributed by atoms with van der Waals surface area (Å²) >= 11 is 0. The van der Waals surface area contributed by atoms with Gasteiger partial charge in [0.1, 0.15) is 11.5 Å². The second kappa shape index (κ2) is 14.7. The maximum Gasteiger partial charge on any atom is 0.337 e. The molecular formula is C40H44FN7O3. The van der Waals surface area contributed by atoms with Crippen molar-refractivity contribution in [3.63, 3.8) is 0 Å². The number of piperazine rings is 1. The number of carbonyl (C=O) groups excluding carboxylic acids is 1. The molecule has 3 aromatic heterocycles. The third kappa shape index (κ3) is 7.41. The number of benzene rings is 2. The Balaban J connectivity index is 1.13. The molecule has 51 heavy (non-hydrogen) atoms. The van der Waals surface area contributed by atoms with Crippen molar-refractivity contribution in [2.75, 3.05) is 26.2 Å². The highest BCUT2D eigenvalue weighted by Crippen LogP contribution is 2.29. The smallest absolute Gasteiger partial charge is 0.337 e. The van der Waals surface area contributed by atoms with Gasteiger partial charge in [-0.15, -0.1) is 0 Å². The molecular weight excluding hydrogens is 645 g/mol. The van der Waals surface area contributed by atoms with Gasteiger partial charge in [0, 0.05) is 56.5 Å². The Morgan fingerprint density at radius 1 is 0.902 bits per heavy atom. The minimum absolute atomic E-state index is 0.0412. The topological polar surface area (TPSA) is 105 Å². The lowest BCUT2D eigenvalue weighted by Gasteiger charge is -2.36. The Labute approximate surface area is 296 Å². The van der Waals surface area contributed by atoms with Crippen molar-refractivity contribution in [3.8, 4) is 16.8 Å². The molecule has 5 aromatic rings. The molecule has 0 bridgehead atoms. The normalized spacial score (nSPS) is 18.7. The lowest BCUT2D eigenvalue weighted by Crippen LogP contribution is -2.48. The van der Waals surface area contributed by atoms with Gasteiger partial charge in [-0.3, -0.25) is 24.0 Å². The number of aryl methyl sites for hydroxylation is 1. The first-order valence-corrected chi connectivity index (χ1v) is 17.9. The molecule has 1 N–H and O–H groups in total. The zero-order chi connectivity index (χ0) is 35.6. The average Bonchev–Trinajstić information content (AvgIpc) is 3.13. The molecule has 0 unspecified atom stereocenters. The summed E-state index contributed by atoms with van der Waals surface area (Å²) in [6.45, 7) is 11.5. The molecule has 1 aliphatic heterocycles. The highest BCUT2D eigenvalue weighted by molar-refractivity contribution is 5.92. The quantitative estimate of drug-likeness (QED) is 0.230. The number of pyridine rings is 2. The van der Waals surface area contributed by atoms with Crippen molar-refractivity contribution in [2.24, 2.45) is 0 Å². The van der Waals surface area contributed by atoms with E-state index in [4.69, 9.17) is 0 Å². The largest absolute Gasteiger partial charge is 0.348 e. The monoisotopic (exact) mass is 689 g/mol. The average molecular weight is 690 g/mol. The van der Waals surface area contributed by atoms with E-state index in [9.17, 15) is 18.8 Å². The lowest BCUT2D eigenvalue weighted by atomic mass is 9.90. The number of carbonyl (C=O) groups is 1. The predicted octanol–water partition coefficient (Wildman–Crippen LogP) is 5.50. The van der Waals surface area contributed by atoms with E-state index in [1.165, 1.54) is 14.7 Å². The molecule has 1 saturated carbocycles. The highest BCUT2D eigenvalue weighted by atomic mass is 19.1. The first-order chi connectivity index (χ1) is 24.6. The predicted molar refractivity (Wildman–Crippen MR) is 197 cm³/mol. The number of nitrogens with one attached hydrogen (secondary N) is 1. The zero-order valence-corrected chi connectivity index (χ0v) is 29.4. The summed E-state index contributed by atoms with van der Waals surface area (Å²) in [5, 5.41) is 3.09. The molecule has 7 rings (SSSR count). The molecule has 0 spiro atoms.